The third kappa shape index (κ3) is 5.81. The van der Waals surface area contributed by atoms with E-state index in [1.807, 2.05) is 72.8 Å². The quantitative estimate of drug-likeness (QED) is 0.156. The Morgan fingerprint density at radius 2 is 1.77 bits per heavy atom. The fourth-order valence-corrected chi connectivity index (χ4v) is 4.83. The largest absolute Gasteiger partial charge is 0.467 e. The van der Waals surface area contributed by atoms with Crippen LogP contribution in [0.3, 0.4) is 0 Å². The number of aryl methyl sites for hydroxylation is 1. The zero-order valence-corrected chi connectivity index (χ0v) is 22.9. The standard InChI is InChI=1S/C32H32N4O4/c1-4-33-24-18-28-26(16-20(24)2)36-31-23-13-9-8-12-22(23)25(19-29(31)40-28)34-15-14-30(37)35-27(32(38)39-3)17-21-10-6-5-7-11-21/h5-13,16,18-19,27,33H,4,14-15,17H2,1-3H3,(H,35,37). The number of benzene rings is 4. The van der Waals surface area contributed by atoms with Crippen LogP contribution in [0.5, 0.6) is 0 Å². The summed E-state index contributed by atoms with van der Waals surface area (Å²) >= 11 is 0. The number of carbonyl (C=O) groups excluding carboxylic acids is 2. The normalized spacial score (nSPS) is 12.5. The monoisotopic (exact) mass is 536 g/mol. The summed E-state index contributed by atoms with van der Waals surface area (Å²) < 4.78 is 11.2. The van der Waals surface area contributed by atoms with Crippen molar-refractivity contribution in [2.24, 2.45) is 4.99 Å². The number of hydrogen-bond donors (Lipinski definition) is 2. The molecule has 5 rings (SSSR count). The molecule has 204 valence electrons. The highest BCUT2D eigenvalue weighted by Crippen LogP contribution is 2.32. The van der Waals surface area contributed by atoms with Gasteiger partial charge in [0.15, 0.2) is 11.3 Å². The van der Waals surface area contributed by atoms with Crippen LogP contribution in [0.25, 0.3) is 33.3 Å². The Kier molecular flexibility index (Phi) is 8.05. The summed E-state index contributed by atoms with van der Waals surface area (Å²) in [4.78, 5) is 34.8. The van der Waals surface area contributed by atoms with Gasteiger partial charge in [0.25, 0.3) is 0 Å². The number of nitrogens with zero attached hydrogens (tertiary/aromatic N) is 2. The summed E-state index contributed by atoms with van der Waals surface area (Å²) in [5.41, 5.74) is 5.27. The van der Waals surface area contributed by atoms with Gasteiger partial charge in [-0.2, -0.15) is 0 Å². The van der Waals surface area contributed by atoms with Crippen molar-refractivity contribution in [2.75, 3.05) is 25.5 Å². The molecule has 3 aromatic rings. The predicted molar refractivity (Wildman–Crippen MR) is 156 cm³/mol. The highest BCUT2D eigenvalue weighted by molar-refractivity contribution is 5.96. The van der Waals surface area contributed by atoms with Crippen LogP contribution in [0.4, 0.5) is 5.69 Å². The van der Waals surface area contributed by atoms with Gasteiger partial charge in [-0.25, -0.2) is 9.78 Å². The van der Waals surface area contributed by atoms with E-state index in [0.717, 1.165) is 45.3 Å². The molecular weight excluding hydrogens is 504 g/mol. The fraction of sp³-hybridized carbons (Fsp3) is 0.250. The van der Waals surface area contributed by atoms with Crippen molar-refractivity contribution in [3.63, 3.8) is 0 Å². The first-order valence-corrected chi connectivity index (χ1v) is 13.4. The van der Waals surface area contributed by atoms with Gasteiger partial charge < -0.3 is 19.8 Å². The molecule has 0 saturated carbocycles. The summed E-state index contributed by atoms with van der Waals surface area (Å²) in [7, 11) is 1.32. The number of aromatic nitrogens is 1. The lowest BCUT2D eigenvalue weighted by atomic mass is 10.0. The topological polar surface area (TPSA) is 106 Å². The molecule has 1 unspecified atom stereocenters. The van der Waals surface area contributed by atoms with E-state index in [1.54, 1.807) is 0 Å². The van der Waals surface area contributed by atoms with Crippen molar-refractivity contribution in [3.05, 3.63) is 89.3 Å². The van der Waals surface area contributed by atoms with E-state index in [0.29, 0.717) is 23.1 Å². The van der Waals surface area contributed by atoms with Crippen LogP contribution in [0.1, 0.15) is 24.5 Å². The van der Waals surface area contributed by atoms with E-state index in [-0.39, 0.29) is 18.9 Å². The average molecular weight is 537 g/mol. The molecule has 1 aliphatic carbocycles. The molecule has 3 aromatic carbocycles. The Morgan fingerprint density at radius 1 is 1.02 bits per heavy atom. The van der Waals surface area contributed by atoms with E-state index in [4.69, 9.17) is 19.1 Å². The van der Waals surface area contributed by atoms with Gasteiger partial charge in [-0.1, -0.05) is 54.6 Å². The van der Waals surface area contributed by atoms with E-state index in [1.165, 1.54) is 7.11 Å². The van der Waals surface area contributed by atoms with Crippen LogP contribution in [0, 0.1) is 6.92 Å². The number of anilines is 1. The summed E-state index contributed by atoms with van der Waals surface area (Å²) in [6.45, 7) is 5.15. The first-order chi connectivity index (χ1) is 19.5. The minimum Gasteiger partial charge on any atom is -0.467 e. The van der Waals surface area contributed by atoms with Gasteiger partial charge in [0, 0.05) is 54.5 Å². The van der Waals surface area contributed by atoms with Gasteiger partial charge in [0.2, 0.25) is 5.91 Å². The predicted octanol–water partition coefficient (Wildman–Crippen LogP) is 5.02. The van der Waals surface area contributed by atoms with Gasteiger partial charge in [-0.05, 0) is 31.0 Å². The van der Waals surface area contributed by atoms with Crippen molar-refractivity contribution < 1.29 is 18.7 Å². The number of amides is 1. The van der Waals surface area contributed by atoms with Gasteiger partial charge in [-0.15, -0.1) is 0 Å². The van der Waals surface area contributed by atoms with Gasteiger partial charge in [0.1, 0.15) is 17.3 Å². The lowest BCUT2D eigenvalue weighted by molar-refractivity contribution is -0.145. The number of hydrogen-bond acceptors (Lipinski definition) is 7. The number of carbonyl (C=O) groups is 2. The maximum absolute atomic E-state index is 12.8. The molecule has 0 fully saturated rings. The Balaban J connectivity index is 1.42. The van der Waals surface area contributed by atoms with Crippen LogP contribution >= 0.6 is 0 Å². The van der Waals surface area contributed by atoms with Gasteiger partial charge in [0.05, 0.1) is 12.5 Å². The first kappa shape index (κ1) is 26.9. The molecule has 0 spiro atoms. The minimum atomic E-state index is -0.768. The van der Waals surface area contributed by atoms with Crippen molar-refractivity contribution >= 4 is 39.4 Å². The number of rotatable bonds is 9. The summed E-state index contributed by atoms with van der Waals surface area (Å²) in [5, 5.41) is 8.73. The molecule has 0 aromatic heterocycles. The second kappa shape index (κ2) is 12.0. The molecule has 8 heteroatoms. The van der Waals surface area contributed by atoms with Gasteiger partial charge >= 0.3 is 5.97 Å². The highest BCUT2D eigenvalue weighted by atomic mass is 16.5. The zero-order chi connectivity index (χ0) is 28.1. The van der Waals surface area contributed by atoms with E-state index in [9.17, 15) is 9.59 Å². The lowest BCUT2D eigenvalue weighted by Crippen LogP contribution is -2.43. The molecule has 0 bridgehead atoms. The number of esters is 1. The number of fused-ring (bicyclic) bond motifs is 4. The molecule has 1 atom stereocenters. The van der Waals surface area contributed by atoms with Crippen LogP contribution in [-0.4, -0.2) is 43.1 Å². The van der Waals surface area contributed by atoms with E-state index in [2.05, 4.69) is 24.5 Å². The van der Waals surface area contributed by atoms with Crippen molar-refractivity contribution in [1.29, 1.82) is 0 Å². The Bertz CT molecular complexity index is 1710. The van der Waals surface area contributed by atoms with Crippen LogP contribution in [0.15, 0.2) is 82.2 Å². The number of nitrogens with one attached hydrogen (secondary N) is 2. The molecule has 0 saturated heterocycles. The number of methoxy groups -OCH3 is 1. The molecule has 1 heterocycles. The fourth-order valence-electron chi connectivity index (χ4n) is 4.83. The van der Waals surface area contributed by atoms with E-state index < -0.39 is 12.0 Å². The first-order valence-electron chi connectivity index (χ1n) is 13.4. The minimum absolute atomic E-state index is 0.118. The molecule has 40 heavy (non-hydrogen) atoms. The molecule has 2 aliphatic rings. The summed E-state index contributed by atoms with van der Waals surface area (Å²) in [5.74, 6) is -0.137. The van der Waals surface area contributed by atoms with Crippen LogP contribution in [0.2, 0.25) is 0 Å². The number of ether oxygens (including phenoxy) is 1. The molecule has 2 N–H and O–H groups in total. The second-order valence-corrected chi connectivity index (χ2v) is 9.63. The van der Waals surface area contributed by atoms with Crippen LogP contribution < -0.4 is 16.0 Å². The molecule has 8 nitrogen and oxygen atoms in total. The maximum atomic E-state index is 12.8. The second-order valence-electron chi connectivity index (χ2n) is 9.63. The molecule has 0 radical (unpaired) electrons. The van der Waals surface area contributed by atoms with Crippen molar-refractivity contribution in [3.8, 4) is 11.5 Å². The van der Waals surface area contributed by atoms with Crippen molar-refractivity contribution in [1.82, 2.24) is 10.3 Å². The van der Waals surface area contributed by atoms with Crippen LogP contribution in [-0.2, 0) is 20.7 Å². The zero-order valence-electron chi connectivity index (χ0n) is 22.9. The Labute approximate surface area is 232 Å². The summed E-state index contributed by atoms with van der Waals surface area (Å²) in [6.07, 6.45) is 0.469. The van der Waals surface area contributed by atoms with Gasteiger partial charge in [-0.3, -0.25) is 9.79 Å². The lowest BCUT2D eigenvalue weighted by Gasteiger charge is -2.16. The average Bonchev–Trinajstić information content (AvgIpc) is 2.97. The SMILES string of the molecule is CCNc1cc2oc3cc(=NCCC(=O)NC(Cc4ccccc4)C(=O)OC)c4ccccc4c-3nc2cc1C. The molecule has 1 amide bonds. The smallest absolute Gasteiger partial charge is 0.328 e. The Hall–Kier alpha value is -4.72. The molecular formula is C32H32N4O4. The van der Waals surface area contributed by atoms with Crippen molar-refractivity contribution in [2.45, 2.75) is 32.7 Å². The molecule has 1 aliphatic heterocycles. The maximum Gasteiger partial charge on any atom is 0.328 e. The highest BCUT2D eigenvalue weighted by Gasteiger charge is 2.22. The third-order valence-corrected chi connectivity index (χ3v) is 6.81. The van der Waals surface area contributed by atoms with E-state index >= 15 is 0 Å². The third-order valence-electron chi connectivity index (χ3n) is 6.81. The summed E-state index contributed by atoms with van der Waals surface area (Å²) in [6, 6.07) is 22.5. The Morgan fingerprint density at radius 3 is 2.52 bits per heavy atom.